The number of carbonyl (C=O) groups is 1. The summed E-state index contributed by atoms with van der Waals surface area (Å²) in [7, 11) is 1.62. The number of aromatic amines is 1. The van der Waals surface area contributed by atoms with Crippen molar-refractivity contribution in [3.8, 4) is 22.6 Å². The number of methoxy groups -OCH3 is 1. The molecule has 3 aromatic rings. The lowest BCUT2D eigenvalue weighted by Gasteiger charge is -2.24. The Labute approximate surface area is 212 Å². The minimum atomic E-state index is -0.258. The van der Waals surface area contributed by atoms with E-state index in [-0.39, 0.29) is 12.6 Å². The Bertz CT molecular complexity index is 1100. The zero-order valence-corrected chi connectivity index (χ0v) is 20.8. The molecule has 0 atom stereocenters. The number of hydrogen-bond donors (Lipinski definition) is 3. The maximum Gasteiger partial charge on any atom is 0.322 e. The molecule has 36 heavy (non-hydrogen) atoms. The van der Waals surface area contributed by atoms with Gasteiger partial charge in [0.25, 0.3) is 0 Å². The molecule has 1 fully saturated rings. The van der Waals surface area contributed by atoms with Crippen molar-refractivity contribution >= 4 is 11.7 Å². The van der Waals surface area contributed by atoms with E-state index in [0.717, 1.165) is 42.1 Å². The molecular formula is C27H35N5O4. The highest BCUT2D eigenvalue weighted by molar-refractivity contribution is 5.91. The number of H-pyrrole nitrogens is 1. The van der Waals surface area contributed by atoms with E-state index in [1.165, 1.54) is 12.8 Å². The van der Waals surface area contributed by atoms with Gasteiger partial charge in [-0.3, -0.25) is 10.00 Å². The molecule has 1 saturated heterocycles. The first-order valence-corrected chi connectivity index (χ1v) is 12.4. The monoisotopic (exact) mass is 493 g/mol. The first kappa shape index (κ1) is 25.5. The molecule has 2 amide bonds. The molecule has 4 rings (SSSR count). The van der Waals surface area contributed by atoms with Gasteiger partial charge in [-0.15, -0.1) is 0 Å². The normalized spacial score (nSPS) is 13.5. The third-order valence-corrected chi connectivity index (χ3v) is 6.30. The molecule has 0 unspecified atom stereocenters. The molecule has 9 nitrogen and oxygen atoms in total. The average Bonchev–Trinajstić information content (AvgIpc) is 3.62. The Hall–Kier alpha value is -3.56. The molecule has 9 heteroatoms. The van der Waals surface area contributed by atoms with Gasteiger partial charge in [0.15, 0.2) is 0 Å². The SMILES string of the molecule is COc1cccc(CN(CCCO)C(=O)Nc2ccc(-c3cn[nH]c3)cc2OCCN2CCCC2)c1. The molecular weight excluding hydrogens is 458 g/mol. The average molecular weight is 494 g/mol. The maximum absolute atomic E-state index is 13.3. The summed E-state index contributed by atoms with van der Waals surface area (Å²) in [5.74, 6) is 1.35. The van der Waals surface area contributed by atoms with Crippen LogP contribution >= 0.6 is 0 Å². The number of anilines is 1. The smallest absolute Gasteiger partial charge is 0.322 e. The lowest BCUT2D eigenvalue weighted by Crippen LogP contribution is -2.35. The van der Waals surface area contributed by atoms with E-state index in [1.807, 2.05) is 48.7 Å². The maximum atomic E-state index is 13.3. The van der Waals surface area contributed by atoms with Gasteiger partial charge in [-0.2, -0.15) is 5.10 Å². The second-order valence-electron chi connectivity index (χ2n) is 8.88. The van der Waals surface area contributed by atoms with Gasteiger partial charge in [-0.05, 0) is 67.7 Å². The van der Waals surface area contributed by atoms with Gasteiger partial charge >= 0.3 is 6.03 Å². The van der Waals surface area contributed by atoms with Crippen LogP contribution in [0.25, 0.3) is 11.1 Å². The van der Waals surface area contributed by atoms with E-state index in [2.05, 4.69) is 20.4 Å². The molecule has 1 aliphatic rings. The second kappa shape index (κ2) is 12.9. The summed E-state index contributed by atoms with van der Waals surface area (Å²) < 4.78 is 11.5. The number of amides is 2. The van der Waals surface area contributed by atoms with Crippen LogP contribution in [0.2, 0.25) is 0 Å². The summed E-state index contributed by atoms with van der Waals surface area (Å²) in [5, 5.41) is 19.3. The quantitative estimate of drug-likeness (QED) is 0.353. The largest absolute Gasteiger partial charge is 0.497 e. The van der Waals surface area contributed by atoms with Gasteiger partial charge in [0.1, 0.15) is 18.1 Å². The van der Waals surface area contributed by atoms with Gasteiger partial charge in [0.05, 0.1) is 19.0 Å². The Balaban J connectivity index is 1.50. The first-order valence-electron chi connectivity index (χ1n) is 12.4. The van der Waals surface area contributed by atoms with Crippen molar-refractivity contribution in [2.45, 2.75) is 25.8 Å². The summed E-state index contributed by atoms with van der Waals surface area (Å²) in [6.07, 6.45) is 6.53. The van der Waals surface area contributed by atoms with Crippen LogP contribution in [0, 0.1) is 0 Å². The number of aliphatic hydroxyl groups excluding tert-OH is 1. The summed E-state index contributed by atoms with van der Waals surface area (Å²) in [6, 6.07) is 13.1. The molecule has 1 aliphatic heterocycles. The highest BCUT2D eigenvalue weighted by Gasteiger charge is 2.18. The molecule has 2 aromatic carbocycles. The number of ether oxygens (including phenoxy) is 2. The molecule has 0 saturated carbocycles. The molecule has 3 N–H and O–H groups in total. The predicted octanol–water partition coefficient (Wildman–Crippen LogP) is 3.98. The highest BCUT2D eigenvalue weighted by Crippen LogP contribution is 2.31. The fourth-order valence-electron chi connectivity index (χ4n) is 4.32. The van der Waals surface area contributed by atoms with E-state index < -0.39 is 0 Å². The topological polar surface area (TPSA) is 103 Å². The van der Waals surface area contributed by atoms with Crippen LogP contribution in [0.1, 0.15) is 24.8 Å². The van der Waals surface area contributed by atoms with Gasteiger partial charge in [0.2, 0.25) is 0 Å². The van der Waals surface area contributed by atoms with Crippen LogP contribution in [0.3, 0.4) is 0 Å². The Kier molecular flexibility index (Phi) is 9.18. The van der Waals surface area contributed by atoms with Crippen LogP contribution in [-0.2, 0) is 6.54 Å². The molecule has 0 bridgehead atoms. The number of rotatable bonds is 12. The summed E-state index contributed by atoms with van der Waals surface area (Å²) in [4.78, 5) is 17.4. The zero-order chi connectivity index (χ0) is 25.2. The minimum Gasteiger partial charge on any atom is -0.497 e. The van der Waals surface area contributed by atoms with Gasteiger partial charge in [-0.25, -0.2) is 4.79 Å². The van der Waals surface area contributed by atoms with E-state index in [9.17, 15) is 9.90 Å². The van der Waals surface area contributed by atoms with E-state index >= 15 is 0 Å². The van der Waals surface area contributed by atoms with Crippen LogP contribution in [0.5, 0.6) is 11.5 Å². The molecule has 0 radical (unpaired) electrons. The van der Waals surface area contributed by atoms with Crippen molar-refractivity contribution in [2.75, 3.05) is 51.8 Å². The number of nitrogens with one attached hydrogen (secondary N) is 2. The number of carbonyl (C=O) groups excluding carboxylic acids is 1. The van der Waals surface area contributed by atoms with Crippen LogP contribution in [0.4, 0.5) is 10.5 Å². The van der Waals surface area contributed by atoms with E-state index in [0.29, 0.717) is 37.6 Å². The fourth-order valence-corrected chi connectivity index (χ4v) is 4.32. The third kappa shape index (κ3) is 6.99. The summed E-state index contributed by atoms with van der Waals surface area (Å²) >= 11 is 0. The van der Waals surface area contributed by atoms with Crippen molar-refractivity contribution in [3.05, 3.63) is 60.4 Å². The van der Waals surface area contributed by atoms with Crippen molar-refractivity contribution in [1.82, 2.24) is 20.0 Å². The zero-order valence-electron chi connectivity index (χ0n) is 20.8. The molecule has 1 aromatic heterocycles. The van der Waals surface area contributed by atoms with Crippen molar-refractivity contribution in [3.63, 3.8) is 0 Å². The Morgan fingerprint density at radius 1 is 1.19 bits per heavy atom. The van der Waals surface area contributed by atoms with Crippen LogP contribution in [-0.4, -0.2) is 77.6 Å². The fraction of sp³-hybridized carbons (Fsp3) is 0.407. The standard InChI is InChI=1S/C27H35N5O4/c1-35-24-7-4-6-21(16-24)20-32(12-5-14-33)27(34)30-25-9-8-22(23-18-28-29-19-23)17-26(25)36-15-13-31-10-2-3-11-31/h4,6-9,16-19,33H,2-3,5,10-15,20H2,1H3,(H,28,29)(H,30,34). The summed E-state index contributed by atoms with van der Waals surface area (Å²) in [6.45, 7) is 4.40. The number of benzene rings is 2. The van der Waals surface area contributed by atoms with Crippen LogP contribution < -0.4 is 14.8 Å². The Morgan fingerprint density at radius 3 is 2.81 bits per heavy atom. The minimum absolute atomic E-state index is 0.00610. The van der Waals surface area contributed by atoms with Crippen molar-refractivity contribution in [1.29, 1.82) is 0 Å². The predicted molar refractivity (Wildman–Crippen MR) is 139 cm³/mol. The lowest BCUT2D eigenvalue weighted by molar-refractivity contribution is 0.198. The summed E-state index contributed by atoms with van der Waals surface area (Å²) in [5.41, 5.74) is 3.44. The first-order chi connectivity index (χ1) is 17.7. The number of nitrogens with zero attached hydrogens (tertiary/aromatic N) is 3. The van der Waals surface area contributed by atoms with E-state index in [4.69, 9.17) is 9.47 Å². The lowest BCUT2D eigenvalue weighted by atomic mass is 10.1. The number of urea groups is 1. The van der Waals surface area contributed by atoms with Crippen LogP contribution in [0.15, 0.2) is 54.9 Å². The Morgan fingerprint density at radius 2 is 2.06 bits per heavy atom. The number of hydrogen-bond acceptors (Lipinski definition) is 6. The molecule has 0 aliphatic carbocycles. The van der Waals surface area contributed by atoms with Gasteiger partial charge in [-0.1, -0.05) is 18.2 Å². The number of aromatic nitrogens is 2. The molecule has 2 heterocycles. The second-order valence-corrected chi connectivity index (χ2v) is 8.88. The molecule has 192 valence electrons. The van der Waals surface area contributed by atoms with Crippen molar-refractivity contribution in [2.24, 2.45) is 0 Å². The van der Waals surface area contributed by atoms with Crippen molar-refractivity contribution < 1.29 is 19.4 Å². The highest BCUT2D eigenvalue weighted by atomic mass is 16.5. The van der Waals surface area contributed by atoms with E-state index in [1.54, 1.807) is 18.2 Å². The number of aliphatic hydroxyl groups is 1. The van der Waals surface area contributed by atoms with Gasteiger partial charge in [0, 0.05) is 38.0 Å². The number of likely N-dealkylation sites (tertiary alicyclic amines) is 1. The van der Waals surface area contributed by atoms with Gasteiger partial charge < -0.3 is 24.8 Å². The molecule has 0 spiro atoms. The third-order valence-electron chi connectivity index (χ3n) is 6.30.